The highest BCUT2D eigenvalue weighted by molar-refractivity contribution is 7.99. The second-order valence-corrected chi connectivity index (χ2v) is 11.4. The predicted molar refractivity (Wildman–Crippen MR) is 137 cm³/mol. The molecule has 0 aliphatic rings. The monoisotopic (exact) mass is 466 g/mol. The Morgan fingerprint density at radius 3 is 1.67 bits per heavy atom. The van der Waals surface area contributed by atoms with Crippen LogP contribution < -0.4 is 0 Å². The van der Waals surface area contributed by atoms with E-state index >= 15 is 0 Å². The fraction of sp³-hybridized carbons (Fsp3) is 1.00. The molecular formula is C24H53NO3PS+. The molecule has 0 amide bonds. The third-order valence-electron chi connectivity index (χ3n) is 5.42. The molecule has 0 heterocycles. The molecular weight excluding hydrogens is 413 g/mol. The highest BCUT2D eigenvalue weighted by Crippen LogP contribution is 2.17. The van der Waals surface area contributed by atoms with Crippen LogP contribution in [0.25, 0.3) is 0 Å². The van der Waals surface area contributed by atoms with Crippen LogP contribution in [0.5, 0.6) is 0 Å². The van der Waals surface area contributed by atoms with Crippen LogP contribution in [-0.4, -0.2) is 61.7 Å². The first kappa shape index (κ1) is 30.6. The summed E-state index contributed by atoms with van der Waals surface area (Å²) in [5.41, 5.74) is 0. The van der Waals surface area contributed by atoms with Gasteiger partial charge < -0.3 is 18.6 Å². The van der Waals surface area contributed by atoms with E-state index in [1.54, 1.807) is 0 Å². The summed E-state index contributed by atoms with van der Waals surface area (Å²) in [5.74, 6) is 2.46. The van der Waals surface area contributed by atoms with Gasteiger partial charge in [0.1, 0.15) is 6.61 Å². The topological polar surface area (TPSA) is 38.7 Å². The average molecular weight is 467 g/mol. The smallest absolute Gasteiger partial charge is 0.214 e. The summed E-state index contributed by atoms with van der Waals surface area (Å²) in [4.78, 5) is 0. The Bertz CT molecular complexity index is 343. The number of rotatable bonds is 24. The van der Waals surface area contributed by atoms with Crippen LogP contribution >= 0.6 is 20.8 Å². The molecule has 0 spiro atoms. The number of aliphatic hydroxyl groups excluding tert-OH is 1. The standard InChI is InChI=1S/C24H53NO3PS/c1-5-6-7-8-9-10-11-12-13-14-15-16-17-18-21-30-22-19-20-27-29-28-23-24(26)25(2,3)4/h24,26,29H,5-23H2,1-4H3/q+1. The number of likely N-dealkylation sites (N-methyl/N-ethyl adjacent to an activating group) is 1. The molecule has 0 bridgehead atoms. The lowest BCUT2D eigenvalue weighted by atomic mass is 10.0. The van der Waals surface area contributed by atoms with Crippen LogP contribution in [0.2, 0.25) is 0 Å². The first-order valence-electron chi connectivity index (χ1n) is 12.5. The second-order valence-electron chi connectivity index (χ2n) is 9.40. The van der Waals surface area contributed by atoms with E-state index in [9.17, 15) is 5.11 Å². The molecule has 0 rings (SSSR count). The molecule has 2 unspecified atom stereocenters. The van der Waals surface area contributed by atoms with Gasteiger partial charge in [0, 0.05) is 0 Å². The molecule has 0 aromatic rings. The molecule has 0 saturated heterocycles. The maximum atomic E-state index is 9.84. The minimum atomic E-state index is -0.498. The van der Waals surface area contributed by atoms with Crippen LogP contribution in [0.15, 0.2) is 0 Å². The van der Waals surface area contributed by atoms with Crippen LogP contribution in [-0.2, 0) is 9.05 Å². The summed E-state index contributed by atoms with van der Waals surface area (Å²) in [6.45, 7) is 3.37. The summed E-state index contributed by atoms with van der Waals surface area (Å²) in [5, 5.41) is 9.84. The van der Waals surface area contributed by atoms with Crippen molar-refractivity contribution in [3.8, 4) is 0 Å². The molecule has 182 valence electrons. The second kappa shape index (κ2) is 22.8. The van der Waals surface area contributed by atoms with E-state index in [2.05, 4.69) is 6.92 Å². The maximum absolute atomic E-state index is 9.84. The number of nitrogens with zero attached hydrogens (tertiary/aromatic N) is 1. The van der Waals surface area contributed by atoms with Crippen LogP contribution in [0.1, 0.15) is 103 Å². The highest BCUT2D eigenvalue weighted by atomic mass is 32.2. The molecule has 0 fully saturated rings. The van der Waals surface area contributed by atoms with Gasteiger partial charge >= 0.3 is 0 Å². The lowest BCUT2D eigenvalue weighted by Crippen LogP contribution is -2.47. The molecule has 0 aromatic heterocycles. The van der Waals surface area contributed by atoms with Gasteiger partial charge in [-0.1, -0.05) is 90.4 Å². The fourth-order valence-corrected chi connectivity index (χ4v) is 4.61. The Kier molecular flexibility index (Phi) is 23.3. The molecule has 6 heteroatoms. The van der Waals surface area contributed by atoms with Gasteiger partial charge in [0.25, 0.3) is 0 Å². The Hall–Kier alpha value is 0.620. The third-order valence-corrected chi connectivity index (χ3v) is 7.18. The van der Waals surface area contributed by atoms with Crippen molar-refractivity contribution in [3.63, 3.8) is 0 Å². The van der Waals surface area contributed by atoms with Crippen molar-refractivity contribution >= 4 is 20.8 Å². The first-order valence-corrected chi connectivity index (χ1v) is 14.5. The van der Waals surface area contributed by atoms with E-state index in [4.69, 9.17) is 9.05 Å². The van der Waals surface area contributed by atoms with Crippen molar-refractivity contribution in [1.29, 1.82) is 0 Å². The van der Waals surface area contributed by atoms with Gasteiger partial charge in [-0.25, -0.2) is 0 Å². The first-order chi connectivity index (χ1) is 14.5. The van der Waals surface area contributed by atoms with Gasteiger partial charge in [-0.05, 0) is 24.3 Å². The van der Waals surface area contributed by atoms with Crippen molar-refractivity contribution in [3.05, 3.63) is 0 Å². The van der Waals surface area contributed by atoms with E-state index in [1.165, 1.54) is 101 Å². The van der Waals surface area contributed by atoms with Crippen LogP contribution in [0.4, 0.5) is 0 Å². The molecule has 0 aliphatic carbocycles. The predicted octanol–water partition coefficient (Wildman–Crippen LogP) is 7.16. The molecule has 1 N–H and O–H groups in total. The summed E-state index contributed by atoms with van der Waals surface area (Å²) in [7, 11) is 5.89. The molecule has 2 atom stereocenters. The molecule has 4 nitrogen and oxygen atoms in total. The van der Waals surface area contributed by atoms with Crippen molar-refractivity contribution in [2.45, 2.75) is 109 Å². The largest absolute Gasteiger partial charge is 0.343 e. The Morgan fingerprint density at radius 1 is 0.700 bits per heavy atom. The normalized spacial score (nSPS) is 13.5. The quantitative estimate of drug-likeness (QED) is 0.0709. The Morgan fingerprint density at radius 2 is 1.17 bits per heavy atom. The van der Waals surface area contributed by atoms with Gasteiger partial charge in [0.05, 0.1) is 27.7 Å². The zero-order valence-electron chi connectivity index (χ0n) is 20.6. The molecule has 0 aliphatic heterocycles. The lowest BCUT2D eigenvalue weighted by Gasteiger charge is -2.29. The van der Waals surface area contributed by atoms with Gasteiger partial charge in [0.15, 0.2) is 9.03 Å². The number of hydrogen-bond donors (Lipinski definition) is 1. The number of unbranched alkanes of at least 4 members (excludes halogenated alkanes) is 13. The number of hydrogen-bond acceptors (Lipinski definition) is 4. The van der Waals surface area contributed by atoms with Gasteiger partial charge in [-0.2, -0.15) is 11.8 Å². The molecule has 0 saturated carbocycles. The van der Waals surface area contributed by atoms with E-state index in [0.717, 1.165) is 13.0 Å². The van der Waals surface area contributed by atoms with E-state index in [1.807, 2.05) is 32.9 Å². The van der Waals surface area contributed by atoms with Gasteiger partial charge in [-0.3, -0.25) is 0 Å². The van der Waals surface area contributed by atoms with Crippen molar-refractivity contribution in [1.82, 2.24) is 0 Å². The zero-order valence-corrected chi connectivity index (χ0v) is 22.4. The molecule has 30 heavy (non-hydrogen) atoms. The van der Waals surface area contributed by atoms with Crippen molar-refractivity contribution in [2.75, 3.05) is 45.9 Å². The number of quaternary nitrogens is 1. The summed E-state index contributed by atoms with van der Waals surface area (Å²) in [6, 6.07) is 0. The minimum absolute atomic E-state index is 0.0354. The number of thioether (sulfide) groups is 1. The summed E-state index contributed by atoms with van der Waals surface area (Å²) >= 11 is 2.05. The van der Waals surface area contributed by atoms with Gasteiger partial charge in [0.2, 0.25) is 6.23 Å². The third kappa shape index (κ3) is 23.3. The van der Waals surface area contributed by atoms with Crippen LogP contribution in [0, 0.1) is 0 Å². The summed E-state index contributed by atoms with van der Waals surface area (Å²) in [6.07, 6.45) is 20.6. The maximum Gasteiger partial charge on any atom is 0.214 e. The number of aliphatic hydroxyl groups is 1. The lowest BCUT2D eigenvalue weighted by molar-refractivity contribution is -0.918. The minimum Gasteiger partial charge on any atom is -0.343 e. The van der Waals surface area contributed by atoms with E-state index in [-0.39, 0.29) is 9.03 Å². The van der Waals surface area contributed by atoms with Crippen molar-refractivity contribution < 1.29 is 18.6 Å². The van der Waals surface area contributed by atoms with Gasteiger partial charge in [-0.15, -0.1) is 0 Å². The van der Waals surface area contributed by atoms with E-state index in [0.29, 0.717) is 11.1 Å². The SMILES string of the molecule is CCCCCCCCCCCCCCCCSCCCOPOCC(O)[N+](C)(C)C. The Labute approximate surface area is 194 Å². The van der Waals surface area contributed by atoms with Crippen molar-refractivity contribution in [2.24, 2.45) is 0 Å². The fourth-order valence-electron chi connectivity index (χ4n) is 3.15. The summed E-state index contributed by atoms with van der Waals surface area (Å²) < 4.78 is 11.4. The zero-order chi connectivity index (χ0) is 22.3. The molecule has 0 aromatic carbocycles. The average Bonchev–Trinajstić information content (AvgIpc) is 2.71. The van der Waals surface area contributed by atoms with E-state index < -0.39 is 6.23 Å². The molecule has 0 radical (unpaired) electrons. The highest BCUT2D eigenvalue weighted by Gasteiger charge is 2.20. The Balaban J connectivity index is 3.08. The van der Waals surface area contributed by atoms with Crippen LogP contribution in [0.3, 0.4) is 0 Å².